The summed E-state index contributed by atoms with van der Waals surface area (Å²) in [6.45, 7) is 4.97. The maximum atomic E-state index is 6.15. The number of anilines is 1. The van der Waals surface area contributed by atoms with Gasteiger partial charge in [0.2, 0.25) is 0 Å². The van der Waals surface area contributed by atoms with Crippen molar-refractivity contribution in [3.05, 3.63) is 59.7 Å². The molecule has 0 radical (unpaired) electrons. The molecule has 0 bridgehead atoms. The largest absolute Gasteiger partial charge is 0.497 e. The molecule has 0 spiro atoms. The molecule has 5 nitrogen and oxygen atoms in total. The molecule has 0 aliphatic carbocycles. The average molecular weight is 367 g/mol. The predicted octanol–water partition coefficient (Wildman–Crippen LogP) is 3.82. The summed E-state index contributed by atoms with van der Waals surface area (Å²) in [7, 11) is 1.70. The van der Waals surface area contributed by atoms with Gasteiger partial charge in [0.05, 0.1) is 19.7 Å². The highest BCUT2D eigenvalue weighted by atomic mass is 16.5. The highest BCUT2D eigenvalue weighted by Crippen LogP contribution is 2.28. The third kappa shape index (κ3) is 5.23. The van der Waals surface area contributed by atoms with E-state index in [1.807, 2.05) is 24.3 Å². The van der Waals surface area contributed by atoms with E-state index in [1.165, 1.54) is 24.0 Å². The Morgan fingerprint density at radius 2 is 1.93 bits per heavy atom. The van der Waals surface area contributed by atoms with E-state index in [0.717, 1.165) is 30.9 Å². The van der Waals surface area contributed by atoms with Gasteiger partial charge in [0.15, 0.2) is 5.96 Å². The van der Waals surface area contributed by atoms with Crippen molar-refractivity contribution >= 4 is 11.6 Å². The number of aryl methyl sites for hydroxylation is 1. The Hall–Kier alpha value is -2.53. The molecule has 0 saturated carbocycles. The standard InChI is InChI=1S/C22H30N4O/c1-3-17-9-11-19(12-10-17)25-22(23)24-16-21(26-13-4-5-14-26)18-7-6-8-20(15-18)27-2/h6-12,15,21H,3-5,13-14,16H2,1-2H3,(H3,23,24,25). The molecule has 1 aliphatic heterocycles. The van der Waals surface area contributed by atoms with Gasteiger partial charge >= 0.3 is 0 Å². The number of benzene rings is 2. The zero-order valence-corrected chi connectivity index (χ0v) is 16.3. The van der Waals surface area contributed by atoms with Gasteiger partial charge in [-0.15, -0.1) is 0 Å². The summed E-state index contributed by atoms with van der Waals surface area (Å²) in [6.07, 6.45) is 3.51. The molecule has 2 aromatic carbocycles. The number of likely N-dealkylation sites (tertiary alicyclic amines) is 1. The summed E-state index contributed by atoms with van der Waals surface area (Å²) < 4.78 is 5.40. The van der Waals surface area contributed by atoms with Crippen molar-refractivity contribution in [3.63, 3.8) is 0 Å². The van der Waals surface area contributed by atoms with Crippen LogP contribution >= 0.6 is 0 Å². The van der Waals surface area contributed by atoms with Crippen LogP contribution in [0.1, 0.15) is 36.9 Å². The molecule has 1 atom stereocenters. The second-order valence-electron chi connectivity index (χ2n) is 6.94. The van der Waals surface area contributed by atoms with Gasteiger partial charge in [-0.3, -0.25) is 9.89 Å². The molecule has 2 aromatic rings. The first kappa shape index (κ1) is 19.2. The van der Waals surface area contributed by atoms with Crippen molar-refractivity contribution in [1.29, 1.82) is 0 Å². The fourth-order valence-corrected chi connectivity index (χ4v) is 3.53. The van der Waals surface area contributed by atoms with Crippen LogP contribution in [-0.2, 0) is 6.42 Å². The zero-order chi connectivity index (χ0) is 19.1. The monoisotopic (exact) mass is 366 g/mol. The number of hydrogen-bond acceptors (Lipinski definition) is 3. The number of aliphatic imine (C=N–C) groups is 1. The number of nitrogens with one attached hydrogen (secondary N) is 1. The van der Waals surface area contributed by atoms with Crippen molar-refractivity contribution in [3.8, 4) is 5.75 Å². The van der Waals surface area contributed by atoms with Crippen LogP contribution in [0.25, 0.3) is 0 Å². The quantitative estimate of drug-likeness (QED) is 0.578. The molecule has 1 heterocycles. The van der Waals surface area contributed by atoms with Crippen LogP contribution in [-0.4, -0.2) is 37.6 Å². The lowest BCUT2D eigenvalue weighted by molar-refractivity contribution is 0.251. The first-order valence-electron chi connectivity index (χ1n) is 9.73. The average Bonchev–Trinajstić information content (AvgIpc) is 3.23. The van der Waals surface area contributed by atoms with Gasteiger partial charge in [0, 0.05) is 5.69 Å². The van der Waals surface area contributed by atoms with Crippen LogP contribution in [0, 0.1) is 0 Å². The van der Waals surface area contributed by atoms with Crippen LogP contribution in [0.15, 0.2) is 53.5 Å². The number of methoxy groups -OCH3 is 1. The van der Waals surface area contributed by atoms with Crippen LogP contribution < -0.4 is 15.8 Å². The van der Waals surface area contributed by atoms with Crippen molar-refractivity contribution in [1.82, 2.24) is 4.90 Å². The topological polar surface area (TPSA) is 62.9 Å². The summed E-state index contributed by atoms with van der Waals surface area (Å²) >= 11 is 0. The second-order valence-corrected chi connectivity index (χ2v) is 6.94. The molecule has 3 rings (SSSR count). The summed E-state index contributed by atoms with van der Waals surface area (Å²) in [5, 5.41) is 3.20. The maximum absolute atomic E-state index is 6.15. The summed E-state index contributed by atoms with van der Waals surface area (Å²) in [5.74, 6) is 1.33. The highest BCUT2D eigenvalue weighted by Gasteiger charge is 2.23. The zero-order valence-electron chi connectivity index (χ0n) is 16.3. The lowest BCUT2D eigenvalue weighted by atomic mass is 10.1. The number of guanidine groups is 1. The Morgan fingerprint density at radius 1 is 1.19 bits per heavy atom. The van der Waals surface area contributed by atoms with Crippen molar-refractivity contribution in [2.75, 3.05) is 32.1 Å². The van der Waals surface area contributed by atoms with E-state index in [9.17, 15) is 0 Å². The van der Waals surface area contributed by atoms with Gasteiger partial charge in [0.25, 0.3) is 0 Å². The van der Waals surface area contributed by atoms with E-state index < -0.39 is 0 Å². The number of nitrogens with two attached hydrogens (primary N) is 1. The Bertz CT molecular complexity index is 751. The molecule has 144 valence electrons. The van der Waals surface area contributed by atoms with Gasteiger partial charge in [-0.05, 0) is 67.7 Å². The van der Waals surface area contributed by atoms with Crippen molar-refractivity contribution in [2.24, 2.45) is 10.7 Å². The Kier molecular flexibility index (Phi) is 6.71. The predicted molar refractivity (Wildman–Crippen MR) is 112 cm³/mol. The summed E-state index contributed by atoms with van der Waals surface area (Å²) in [6, 6.07) is 16.8. The molecule has 1 fully saturated rings. The number of hydrogen-bond donors (Lipinski definition) is 2. The molecule has 0 aromatic heterocycles. The van der Waals surface area contributed by atoms with Gasteiger partial charge in [-0.25, -0.2) is 0 Å². The normalized spacial score (nSPS) is 16.3. The van der Waals surface area contributed by atoms with Crippen LogP contribution in [0.5, 0.6) is 5.75 Å². The molecular weight excluding hydrogens is 336 g/mol. The minimum Gasteiger partial charge on any atom is -0.497 e. The minimum absolute atomic E-state index is 0.213. The van der Waals surface area contributed by atoms with E-state index >= 15 is 0 Å². The molecule has 1 saturated heterocycles. The lowest BCUT2D eigenvalue weighted by Crippen LogP contribution is -2.30. The molecule has 0 amide bonds. The van der Waals surface area contributed by atoms with E-state index in [-0.39, 0.29) is 6.04 Å². The molecule has 27 heavy (non-hydrogen) atoms. The number of nitrogens with zero attached hydrogens (tertiary/aromatic N) is 2. The molecule has 1 aliphatic rings. The first-order valence-corrected chi connectivity index (χ1v) is 9.73. The van der Waals surface area contributed by atoms with Crippen LogP contribution in [0.3, 0.4) is 0 Å². The molecule has 1 unspecified atom stereocenters. The van der Waals surface area contributed by atoms with E-state index in [2.05, 4.69) is 46.4 Å². The van der Waals surface area contributed by atoms with Crippen molar-refractivity contribution < 1.29 is 4.74 Å². The Balaban J connectivity index is 1.71. The van der Waals surface area contributed by atoms with E-state index in [0.29, 0.717) is 12.5 Å². The number of rotatable bonds is 7. The second kappa shape index (κ2) is 9.42. The summed E-state index contributed by atoms with van der Waals surface area (Å²) in [4.78, 5) is 7.13. The Morgan fingerprint density at radius 3 is 2.59 bits per heavy atom. The van der Waals surface area contributed by atoms with Gasteiger partial charge in [-0.2, -0.15) is 0 Å². The third-order valence-electron chi connectivity index (χ3n) is 5.13. The maximum Gasteiger partial charge on any atom is 0.193 e. The van der Waals surface area contributed by atoms with Crippen LogP contribution in [0.2, 0.25) is 0 Å². The van der Waals surface area contributed by atoms with E-state index in [1.54, 1.807) is 7.11 Å². The molecule has 5 heteroatoms. The van der Waals surface area contributed by atoms with Crippen LogP contribution in [0.4, 0.5) is 5.69 Å². The van der Waals surface area contributed by atoms with Crippen molar-refractivity contribution in [2.45, 2.75) is 32.2 Å². The SMILES string of the molecule is CCc1ccc(NC(N)=NCC(c2cccc(OC)c2)N2CCCC2)cc1. The number of ether oxygens (including phenoxy) is 1. The molecular formula is C22H30N4O. The Labute approximate surface area is 162 Å². The fourth-order valence-electron chi connectivity index (χ4n) is 3.53. The fraction of sp³-hybridized carbons (Fsp3) is 0.409. The van der Waals surface area contributed by atoms with Gasteiger partial charge in [-0.1, -0.05) is 31.2 Å². The lowest BCUT2D eigenvalue weighted by Gasteiger charge is -2.27. The van der Waals surface area contributed by atoms with E-state index in [4.69, 9.17) is 10.5 Å². The first-order chi connectivity index (χ1) is 13.2. The highest BCUT2D eigenvalue weighted by molar-refractivity contribution is 5.92. The van der Waals surface area contributed by atoms with Gasteiger partial charge < -0.3 is 15.8 Å². The summed E-state index contributed by atoms with van der Waals surface area (Å²) in [5.41, 5.74) is 9.65. The third-order valence-corrected chi connectivity index (χ3v) is 5.13. The smallest absolute Gasteiger partial charge is 0.193 e. The molecule has 3 N–H and O–H groups in total. The minimum atomic E-state index is 0.213. The van der Waals surface area contributed by atoms with Gasteiger partial charge in [0.1, 0.15) is 5.75 Å².